The molecule has 3 aromatic rings. The molecule has 0 unspecified atom stereocenters. The number of pyridine rings is 2. The zero-order valence-electron chi connectivity index (χ0n) is 12.8. The second-order valence-electron chi connectivity index (χ2n) is 4.95. The summed E-state index contributed by atoms with van der Waals surface area (Å²) in [5, 5.41) is 0.279. The lowest BCUT2D eigenvalue weighted by Crippen LogP contribution is -2.03. The fourth-order valence-electron chi connectivity index (χ4n) is 2.24. The van der Waals surface area contributed by atoms with Crippen molar-refractivity contribution in [3.8, 4) is 22.7 Å². The van der Waals surface area contributed by atoms with E-state index >= 15 is 0 Å². The fourth-order valence-corrected chi connectivity index (χ4v) is 3.05. The van der Waals surface area contributed by atoms with Crippen molar-refractivity contribution in [2.75, 3.05) is 13.4 Å². The molecule has 0 radical (unpaired) electrons. The first-order valence-electron chi connectivity index (χ1n) is 6.79. The van der Waals surface area contributed by atoms with Crippen molar-refractivity contribution in [1.29, 1.82) is 0 Å². The van der Waals surface area contributed by atoms with E-state index in [4.69, 9.17) is 16.3 Å². The smallest absolute Gasteiger partial charge is 0.192 e. The van der Waals surface area contributed by atoms with Crippen LogP contribution in [-0.4, -0.2) is 41.3 Å². The number of halogens is 1. The Morgan fingerprint density at radius 1 is 1.17 bits per heavy atom. The number of hydrogen-bond acceptors (Lipinski definition) is 6. The lowest BCUT2D eigenvalue weighted by molar-refractivity contribution is 0.415. The normalized spacial score (nSPS) is 11.5. The number of sulfone groups is 1. The van der Waals surface area contributed by atoms with Crippen LogP contribution in [0.15, 0.2) is 48.1 Å². The molecule has 0 aromatic carbocycles. The molecule has 9 heteroatoms. The molecule has 0 saturated carbocycles. The second-order valence-corrected chi connectivity index (χ2v) is 7.28. The number of imidazole rings is 1. The first kappa shape index (κ1) is 16.4. The topological polar surface area (TPSA) is 87.0 Å². The zero-order chi connectivity index (χ0) is 17.3. The Morgan fingerprint density at radius 2 is 1.96 bits per heavy atom. The largest absolute Gasteiger partial charge is 0.496 e. The van der Waals surface area contributed by atoms with E-state index in [0.29, 0.717) is 22.7 Å². The first-order valence-corrected chi connectivity index (χ1v) is 9.06. The third-order valence-corrected chi connectivity index (χ3v) is 4.65. The van der Waals surface area contributed by atoms with E-state index < -0.39 is 9.84 Å². The molecular weight excluding hydrogens is 352 g/mol. The Kier molecular flexibility index (Phi) is 4.25. The van der Waals surface area contributed by atoms with E-state index in [2.05, 4.69) is 15.0 Å². The maximum atomic E-state index is 11.5. The Labute approximate surface area is 143 Å². The Bertz CT molecular complexity index is 984. The highest BCUT2D eigenvalue weighted by Gasteiger charge is 2.17. The Balaban J connectivity index is 2.13. The van der Waals surface area contributed by atoms with Gasteiger partial charge in [0.25, 0.3) is 0 Å². The van der Waals surface area contributed by atoms with Crippen molar-refractivity contribution >= 4 is 21.4 Å². The lowest BCUT2D eigenvalue weighted by atomic mass is 10.2. The summed E-state index contributed by atoms with van der Waals surface area (Å²) in [6, 6.07) is 4.78. The van der Waals surface area contributed by atoms with Gasteiger partial charge in [-0.05, 0) is 18.2 Å². The maximum absolute atomic E-state index is 11.5. The number of ether oxygens (including phenoxy) is 1. The summed E-state index contributed by atoms with van der Waals surface area (Å²) in [5.74, 6) is 0.553. The van der Waals surface area contributed by atoms with Crippen molar-refractivity contribution in [1.82, 2.24) is 19.5 Å². The van der Waals surface area contributed by atoms with Gasteiger partial charge in [0.1, 0.15) is 10.9 Å². The highest BCUT2D eigenvalue weighted by atomic mass is 35.5. The third kappa shape index (κ3) is 2.98. The van der Waals surface area contributed by atoms with Gasteiger partial charge in [-0.25, -0.2) is 23.4 Å². The molecule has 0 saturated heterocycles. The molecule has 124 valence electrons. The third-order valence-electron chi connectivity index (χ3n) is 3.36. The number of rotatable bonds is 4. The molecular formula is C15H13ClN4O3S. The fraction of sp³-hybridized carbons (Fsp3) is 0.133. The molecule has 0 spiro atoms. The van der Waals surface area contributed by atoms with Crippen molar-refractivity contribution < 1.29 is 13.2 Å². The van der Waals surface area contributed by atoms with Gasteiger partial charge in [-0.3, -0.25) is 4.57 Å². The lowest BCUT2D eigenvalue weighted by Gasteiger charge is -2.12. The van der Waals surface area contributed by atoms with Crippen LogP contribution in [0.25, 0.3) is 16.9 Å². The number of methoxy groups -OCH3 is 1. The van der Waals surface area contributed by atoms with Crippen LogP contribution >= 0.6 is 11.6 Å². The van der Waals surface area contributed by atoms with Gasteiger partial charge in [0.2, 0.25) is 0 Å². The van der Waals surface area contributed by atoms with E-state index in [1.165, 1.54) is 12.3 Å². The Hall–Kier alpha value is -2.45. The molecule has 24 heavy (non-hydrogen) atoms. The van der Waals surface area contributed by atoms with Gasteiger partial charge in [0.15, 0.2) is 14.9 Å². The van der Waals surface area contributed by atoms with E-state index in [1.54, 1.807) is 42.5 Å². The van der Waals surface area contributed by atoms with Crippen LogP contribution in [-0.2, 0) is 9.84 Å². The van der Waals surface area contributed by atoms with Gasteiger partial charge in [0, 0.05) is 12.5 Å². The summed E-state index contributed by atoms with van der Waals surface area (Å²) in [5.41, 5.74) is 1.88. The minimum Gasteiger partial charge on any atom is -0.496 e. The van der Waals surface area contributed by atoms with Gasteiger partial charge in [-0.15, -0.1) is 0 Å². The predicted octanol–water partition coefficient (Wildman–Crippen LogP) is 2.39. The molecule has 7 nitrogen and oxygen atoms in total. The molecule has 0 bridgehead atoms. The van der Waals surface area contributed by atoms with Crippen LogP contribution in [0.1, 0.15) is 0 Å². The summed E-state index contributed by atoms with van der Waals surface area (Å²) < 4.78 is 30.1. The summed E-state index contributed by atoms with van der Waals surface area (Å²) in [6.45, 7) is 0. The van der Waals surface area contributed by atoms with Crippen LogP contribution in [0, 0.1) is 0 Å². The molecule has 0 amide bonds. The van der Waals surface area contributed by atoms with E-state index in [9.17, 15) is 8.42 Å². The maximum Gasteiger partial charge on any atom is 0.192 e. The minimum absolute atomic E-state index is 0.00454. The predicted molar refractivity (Wildman–Crippen MR) is 89.3 cm³/mol. The van der Waals surface area contributed by atoms with E-state index in [1.807, 2.05) is 0 Å². The van der Waals surface area contributed by atoms with Gasteiger partial charge < -0.3 is 4.74 Å². The summed E-state index contributed by atoms with van der Waals surface area (Å²) >= 11 is 6.22. The van der Waals surface area contributed by atoms with Crippen LogP contribution < -0.4 is 4.74 Å². The average Bonchev–Trinajstić information content (AvgIpc) is 3.03. The molecule has 3 rings (SSSR count). The molecule has 0 N–H and O–H groups in total. The standard InChI is InChI=1S/C15H13ClN4O3S/c1-23-12-5-6-18-15(16)14(12)11-8-17-9-20(11)10-3-4-13(19-7-10)24(2,21)22/h3-9H,1-2H3. The first-order chi connectivity index (χ1) is 11.4. The zero-order valence-corrected chi connectivity index (χ0v) is 14.4. The summed E-state index contributed by atoms with van der Waals surface area (Å²) in [4.78, 5) is 12.2. The average molecular weight is 365 g/mol. The molecule has 3 heterocycles. The highest BCUT2D eigenvalue weighted by molar-refractivity contribution is 7.90. The van der Waals surface area contributed by atoms with E-state index in [-0.39, 0.29) is 10.2 Å². The van der Waals surface area contributed by atoms with Gasteiger partial charge in [0.05, 0.1) is 42.8 Å². The highest BCUT2D eigenvalue weighted by Crippen LogP contribution is 2.35. The van der Waals surface area contributed by atoms with E-state index in [0.717, 1.165) is 6.26 Å². The Morgan fingerprint density at radius 3 is 2.58 bits per heavy atom. The van der Waals surface area contributed by atoms with Gasteiger partial charge in [-0.1, -0.05) is 11.6 Å². The molecule has 0 aliphatic heterocycles. The van der Waals surface area contributed by atoms with Crippen LogP contribution in [0.5, 0.6) is 5.75 Å². The summed E-state index contributed by atoms with van der Waals surface area (Å²) in [6.07, 6.45) is 7.31. The van der Waals surface area contributed by atoms with Gasteiger partial charge >= 0.3 is 0 Å². The van der Waals surface area contributed by atoms with Crippen molar-refractivity contribution in [2.45, 2.75) is 5.03 Å². The molecule has 0 atom stereocenters. The molecule has 0 aliphatic carbocycles. The van der Waals surface area contributed by atoms with Crippen LogP contribution in [0.4, 0.5) is 0 Å². The second kappa shape index (κ2) is 6.21. The molecule has 0 aliphatic rings. The van der Waals surface area contributed by atoms with Crippen LogP contribution in [0.2, 0.25) is 5.15 Å². The molecule has 0 fully saturated rings. The molecule has 3 aromatic heterocycles. The van der Waals surface area contributed by atoms with Crippen LogP contribution in [0.3, 0.4) is 0 Å². The van der Waals surface area contributed by atoms with Gasteiger partial charge in [-0.2, -0.15) is 0 Å². The quantitative estimate of drug-likeness (QED) is 0.660. The SMILES string of the molecule is COc1ccnc(Cl)c1-c1cncn1-c1ccc(S(C)(=O)=O)nc1. The van der Waals surface area contributed by atoms with Crippen molar-refractivity contribution in [2.24, 2.45) is 0 Å². The number of nitrogens with zero attached hydrogens (tertiary/aromatic N) is 4. The minimum atomic E-state index is -3.36. The van der Waals surface area contributed by atoms with Crippen molar-refractivity contribution in [3.63, 3.8) is 0 Å². The summed E-state index contributed by atoms with van der Waals surface area (Å²) in [7, 11) is -1.82. The monoisotopic (exact) mass is 364 g/mol. The number of hydrogen-bond donors (Lipinski definition) is 0. The van der Waals surface area contributed by atoms with Crippen molar-refractivity contribution in [3.05, 3.63) is 48.3 Å². The number of aromatic nitrogens is 4.